The van der Waals surface area contributed by atoms with Crippen LogP contribution in [-0.4, -0.2) is 28.9 Å². The van der Waals surface area contributed by atoms with Gasteiger partial charge in [0.15, 0.2) is 11.6 Å². The molecule has 1 rings (SSSR count). The molecule has 0 bridgehead atoms. The molecule has 0 aliphatic rings. The third-order valence-electron chi connectivity index (χ3n) is 2.52. The first-order valence-electron chi connectivity index (χ1n) is 5.80. The molecule has 0 fully saturated rings. The fraction of sp³-hybridized carbons (Fsp3) is 0.417. The van der Waals surface area contributed by atoms with Crippen LogP contribution in [0.15, 0.2) is 12.3 Å². The molecule has 7 heteroatoms. The van der Waals surface area contributed by atoms with Crippen LogP contribution in [0, 0.1) is 5.82 Å². The maximum absolute atomic E-state index is 14.0. The molecule has 1 aromatic rings. The Labute approximate surface area is 110 Å². The van der Waals surface area contributed by atoms with Gasteiger partial charge < -0.3 is 16.4 Å². The Balaban J connectivity index is 3.01. The van der Waals surface area contributed by atoms with Gasteiger partial charge in [-0.2, -0.15) is 0 Å². The van der Waals surface area contributed by atoms with Gasteiger partial charge in [-0.3, -0.25) is 9.59 Å². The van der Waals surface area contributed by atoms with Crippen molar-refractivity contribution in [3.8, 4) is 0 Å². The molecule has 0 spiro atoms. The minimum atomic E-state index is -1.26. The van der Waals surface area contributed by atoms with E-state index in [9.17, 15) is 14.0 Å². The van der Waals surface area contributed by atoms with Gasteiger partial charge in [0.25, 0.3) is 5.91 Å². The maximum Gasteiger partial charge on any atom is 0.255 e. The number of nitrogens with zero attached hydrogens (tertiary/aromatic N) is 1. The summed E-state index contributed by atoms with van der Waals surface area (Å²) in [4.78, 5) is 26.8. The van der Waals surface area contributed by atoms with Crippen LogP contribution in [-0.2, 0) is 4.79 Å². The first kappa shape index (κ1) is 14.9. The van der Waals surface area contributed by atoms with Gasteiger partial charge in [-0.15, -0.1) is 0 Å². The maximum atomic E-state index is 14.0. The van der Waals surface area contributed by atoms with E-state index in [0.717, 1.165) is 0 Å². The third-order valence-corrected chi connectivity index (χ3v) is 2.52. The predicted octanol–water partition coefficient (Wildman–Crippen LogP) is 0.646. The van der Waals surface area contributed by atoms with E-state index in [1.54, 1.807) is 6.92 Å². The summed E-state index contributed by atoms with van der Waals surface area (Å²) < 4.78 is 14.0. The highest BCUT2D eigenvalue weighted by Crippen LogP contribution is 2.15. The van der Waals surface area contributed by atoms with Gasteiger partial charge in [-0.25, -0.2) is 9.37 Å². The van der Waals surface area contributed by atoms with Crippen molar-refractivity contribution in [3.63, 3.8) is 0 Å². The number of aromatic nitrogens is 1. The molecule has 4 N–H and O–H groups in total. The van der Waals surface area contributed by atoms with Crippen molar-refractivity contribution in [2.45, 2.75) is 26.3 Å². The summed E-state index contributed by atoms with van der Waals surface area (Å²) in [6, 6.07) is 1.24. The predicted molar refractivity (Wildman–Crippen MR) is 69.1 cm³/mol. The molecule has 1 heterocycles. The minimum Gasteiger partial charge on any atom is -0.368 e. The van der Waals surface area contributed by atoms with Crippen LogP contribution in [0.4, 0.5) is 10.2 Å². The quantitative estimate of drug-likeness (QED) is 0.730. The molecule has 0 unspecified atom stereocenters. The molecule has 19 heavy (non-hydrogen) atoms. The van der Waals surface area contributed by atoms with Gasteiger partial charge in [0.05, 0.1) is 5.56 Å². The summed E-state index contributed by atoms with van der Waals surface area (Å²) in [5, 5.41) is 5.07. The molecule has 0 aromatic carbocycles. The number of hydrogen-bond donors (Lipinski definition) is 3. The molecule has 1 aromatic heterocycles. The molecule has 2 amide bonds. The number of hydrogen-bond acceptors (Lipinski definition) is 4. The number of nitrogens with one attached hydrogen (secondary N) is 2. The Morgan fingerprint density at radius 1 is 1.47 bits per heavy atom. The first-order valence-corrected chi connectivity index (χ1v) is 5.80. The molecule has 0 radical (unpaired) electrons. The van der Waals surface area contributed by atoms with Gasteiger partial charge in [-0.05, 0) is 26.8 Å². The average Bonchev–Trinajstić information content (AvgIpc) is 2.31. The van der Waals surface area contributed by atoms with Gasteiger partial charge in [0, 0.05) is 12.7 Å². The zero-order valence-electron chi connectivity index (χ0n) is 11.1. The number of carbonyl (C=O) groups is 2. The fourth-order valence-electron chi connectivity index (χ4n) is 1.32. The summed E-state index contributed by atoms with van der Waals surface area (Å²) in [7, 11) is 0. The minimum absolute atomic E-state index is 0.00738. The van der Waals surface area contributed by atoms with Gasteiger partial charge in [0.1, 0.15) is 5.54 Å². The summed E-state index contributed by atoms with van der Waals surface area (Å²) in [6.07, 6.45) is 1.31. The number of halogens is 1. The molecule has 0 aliphatic heterocycles. The number of anilines is 1. The largest absolute Gasteiger partial charge is 0.368 e. The molecule has 0 saturated heterocycles. The molecular formula is C12H17FN4O2. The van der Waals surface area contributed by atoms with E-state index in [4.69, 9.17) is 5.73 Å². The number of pyridine rings is 1. The normalized spacial score (nSPS) is 10.9. The lowest BCUT2D eigenvalue weighted by molar-refractivity contribution is -0.122. The Morgan fingerprint density at radius 3 is 2.63 bits per heavy atom. The number of primary amides is 1. The molecule has 0 aliphatic carbocycles. The third kappa shape index (κ3) is 3.40. The van der Waals surface area contributed by atoms with Gasteiger partial charge >= 0.3 is 0 Å². The van der Waals surface area contributed by atoms with Crippen LogP contribution in [0.2, 0.25) is 0 Å². The molecule has 6 nitrogen and oxygen atoms in total. The number of nitrogens with two attached hydrogens (primary N) is 1. The zero-order chi connectivity index (χ0) is 14.6. The fourth-order valence-corrected chi connectivity index (χ4v) is 1.32. The van der Waals surface area contributed by atoms with Crippen LogP contribution in [0.5, 0.6) is 0 Å². The van der Waals surface area contributed by atoms with E-state index in [1.165, 1.54) is 26.1 Å². The lowest BCUT2D eigenvalue weighted by atomic mass is 10.0. The summed E-state index contributed by atoms with van der Waals surface area (Å²) in [6.45, 7) is 5.14. The van der Waals surface area contributed by atoms with Crippen molar-refractivity contribution < 1.29 is 14.0 Å². The Morgan fingerprint density at radius 2 is 2.11 bits per heavy atom. The second kappa shape index (κ2) is 5.64. The summed E-state index contributed by atoms with van der Waals surface area (Å²) in [5.41, 5.74) is 3.69. The van der Waals surface area contributed by atoms with Crippen LogP contribution in [0.25, 0.3) is 0 Å². The van der Waals surface area contributed by atoms with Crippen molar-refractivity contribution in [2.24, 2.45) is 5.73 Å². The Kier molecular flexibility index (Phi) is 4.42. The SMILES string of the molecule is CCNc1nccc(C(=O)NC(C)(C)C(N)=O)c1F. The van der Waals surface area contributed by atoms with Crippen LogP contribution >= 0.6 is 0 Å². The highest BCUT2D eigenvalue weighted by Gasteiger charge is 2.28. The van der Waals surface area contributed by atoms with Crippen molar-refractivity contribution in [1.29, 1.82) is 0 Å². The van der Waals surface area contributed by atoms with Gasteiger partial charge in [-0.1, -0.05) is 0 Å². The van der Waals surface area contributed by atoms with E-state index < -0.39 is 23.2 Å². The zero-order valence-corrected chi connectivity index (χ0v) is 11.1. The van der Waals surface area contributed by atoms with Crippen molar-refractivity contribution in [2.75, 3.05) is 11.9 Å². The number of carbonyl (C=O) groups excluding carboxylic acids is 2. The Bertz CT molecular complexity index is 503. The first-order chi connectivity index (χ1) is 8.79. The van der Waals surface area contributed by atoms with Crippen LogP contribution < -0.4 is 16.4 Å². The van der Waals surface area contributed by atoms with Crippen molar-refractivity contribution in [3.05, 3.63) is 23.6 Å². The van der Waals surface area contributed by atoms with E-state index in [0.29, 0.717) is 6.54 Å². The molecule has 0 atom stereocenters. The number of amides is 2. The van der Waals surface area contributed by atoms with E-state index in [2.05, 4.69) is 15.6 Å². The smallest absolute Gasteiger partial charge is 0.255 e. The summed E-state index contributed by atoms with van der Waals surface area (Å²) >= 11 is 0. The lowest BCUT2D eigenvalue weighted by Crippen LogP contribution is -2.53. The molecule has 104 valence electrons. The highest BCUT2D eigenvalue weighted by molar-refractivity contribution is 5.99. The highest BCUT2D eigenvalue weighted by atomic mass is 19.1. The van der Waals surface area contributed by atoms with Crippen LogP contribution in [0.3, 0.4) is 0 Å². The van der Waals surface area contributed by atoms with Crippen molar-refractivity contribution in [1.82, 2.24) is 10.3 Å². The second-order valence-corrected chi connectivity index (χ2v) is 4.49. The van der Waals surface area contributed by atoms with Crippen molar-refractivity contribution >= 4 is 17.6 Å². The standard InChI is InChI=1S/C12H17FN4O2/c1-4-15-9-8(13)7(5-6-16-9)10(18)17-12(2,3)11(14)19/h5-6H,4H2,1-3H3,(H2,14,19)(H,15,16)(H,17,18). The average molecular weight is 268 g/mol. The Hall–Kier alpha value is -2.18. The number of rotatable bonds is 5. The monoisotopic (exact) mass is 268 g/mol. The van der Waals surface area contributed by atoms with Crippen LogP contribution in [0.1, 0.15) is 31.1 Å². The molecule has 0 saturated carbocycles. The summed E-state index contributed by atoms with van der Waals surface area (Å²) in [5.74, 6) is -2.20. The van der Waals surface area contributed by atoms with E-state index >= 15 is 0 Å². The lowest BCUT2D eigenvalue weighted by Gasteiger charge is -2.22. The second-order valence-electron chi connectivity index (χ2n) is 4.49. The van der Waals surface area contributed by atoms with E-state index in [1.807, 2.05) is 0 Å². The topological polar surface area (TPSA) is 97.1 Å². The molecular weight excluding hydrogens is 251 g/mol. The van der Waals surface area contributed by atoms with E-state index in [-0.39, 0.29) is 11.4 Å². The van der Waals surface area contributed by atoms with Gasteiger partial charge in [0.2, 0.25) is 5.91 Å².